The van der Waals surface area contributed by atoms with Gasteiger partial charge in [-0.2, -0.15) is 0 Å². The van der Waals surface area contributed by atoms with Gasteiger partial charge in [0, 0.05) is 31.1 Å². The molecule has 47 heavy (non-hydrogen) atoms. The average molecular weight is 645 g/mol. The third-order valence-corrected chi connectivity index (χ3v) is 10.9. The van der Waals surface area contributed by atoms with Crippen molar-refractivity contribution in [1.82, 2.24) is 20.4 Å². The van der Waals surface area contributed by atoms with Crippen molar-refractivity contribution in [2.45, 2.75) is 103 Å². The van der Waals surface area contributed by atoms with Gasteiger partial charge in [0.05, 0.1) is 18.4 Å². The first kappa shape index (κ1) is 34.9. The molecular weight excluding hydrogens is 588 g/mol. The molecule has 2 aromatic rings. The molecule has 0 bridgehead atoms. The minimum Gasteiger partial charge on any atom is -0.497 e. The van der Waals surface area contributed by atoms with E-state index < -0.39 is 11.5 Å². The summed E-state index contributed by atoms with van der Waals surface area (Å²) >= 11 is 0. The van der Waals surface area contributed by atoms with Crippen LogP contribution in [0.25, 0.3) is 0 Å². The van der Waals surface area contributed by atoms with Crippen molar-refractivity contribution in [3.05, 3.63) is 65.2 Å². The number of amides is 3. The van der Waals surface area contributed by atoms with Gasteiger partial charge < -0.3 is 25.2 Å². The number of hydrogen-bond acceptors (Lipinski definition) is 5. The molecule has 0 radical (unpaired) electrons. The molecule has 3 amide bonds. The molecule has 1 heterocycles. The smallest absolute Gasteiger partial charge is 0.245 e. The van der Waals surface area contributed by atoms with E-state index in [1.54, 1.807) is 7.11 Å². The van der Waals surface area contributed by atoms with E-state index in [1.807, 2.05) is 70.1 Å². The van der Waals surface area contributed by atoms with Crippen LogP contribution in [0.5, 0.6) is 5.75 Å². The van der Waals surface area contributed by atoms with E-state index in [0.717, 1.165) is 49.8 Å². The Balaban J connectivity index is 1.37. The number of aryl methyl sites for hydroxylation is 1. The topological polar surface area (TPSA) is 91.0 Å². The molecule has 8 heteroatoms. The van der Waals surface area contributed by atoms with Gasteiger partial charge in [0.2, 0.25) is 17.7 Å². The number of carbonyl (C=O) groups is 3. The summed E-state index contributed by atoms with van der Waals surface area (Å²) in [6, 6.07) is 15.3. The van der Waals surface area contributed by atoms with E-state index in [2.05, 4.69) is 33.7 Å². The molecule has 3 atom stereocenters. The molecule has 2 N–H and O–H groups in total. The Hall–Kier alpha value is -3.39. The summed E-state index contributed by atoms with van der Waals surface area (Å²) in [5.74, 6) is 0.803. The van der Waals surface area contributed by atoms with Crippen LogP contribution in [0.15, 0.2) is 48.5 Å². The van der Waals surface area contributed by atoms with Crippen molar-refractivity contribution in [1.29, 1.82) is 0 Å². The van der Waals surface area contributed by atoms with Gasteiger partial charge in [-0.3, -0.25) is 14.4 Å². The van der Waals surface area contributed by atoms with Crippen LogP contribution in [0.1, 0.15) is 94.9 Å². The van der Waals surface area contributed by atoms with Crippen LogP contribution in [-0.4, -0.2) is 73.4 Å². The van der Waals surface area contributed by atoms with E-state index in [0.29, 0.717) is 38.3 Å². The second-order valence-corrected chi connectivity index (χ2v) is 15.4. The lowest BCUT2D eigenvalue weighted by Gasteiger charge is -2.48. The van der Waals surface area contributed by atoms with Crippen molar-refractivity contribution in [3.8, 4) is 5.75 Å². The molecule has 1 saturated heterocycles. The molecule has 2 unspecified atom stereocenters. The highest BCUT2D eigenvalue weighted by molar-refractivity contribution is 5.90. The zero-order chi connectivity index (χ0) is 33.8. The van der Waals surface area contributed by atoms with Crippen LogP contribution in [0.3, 0.4) is 0 Å². The second-order valence-electron chi connectivity index (χ2n) is 15.4. The lowest BCUT2D eigenvalue weighted by atomic mass is 9.63. The fourth-order valence-corrected chi connectivity index (χ4v) is 8.41. The van der Waals surface area contributed by atoms with Crippen molar-refractivity contribution in [2.24, 2.45) is 17.3 Å². The quantitative estimate of drug-likeness (QED) is 0.366. The highest BCUT2D eigenvalue weighted by Crippen LogP contribution is 2.46. The molecule has 0 aromatic heterocycles. The molecule has 2 fully saturated rings. The summed E-state index contributed by atoms with van der Waals surface area (Å²) in [6.07, 6.45) is 8.94. The Labute approximate surface area is 282 Å². The van der Waals surface area contributed by atoms with Gasteiger partial charge in [-0.1, -0.05) is 55.7 Å². The number of nitrogens with one attached hydrogen (secondary N) is 2. The number of nitrogens with zero attached hydrogens (tertiary/aromatic N) is 2. The fourth-order valence-electron chi connectivity index (χ4n) is 8.41. The van der Waals surface area contributed by atoms with Crippen LogP contribution in [0.4, 0.5) is 0 Å². The van der Waals surface area contributed by atoms with Gasteiger partial charge in [-0.05, 0) is 108 Å². The molecule has 2 aromatic carbocycles. The fraction of sp³-hybridized carbons (Fsp3) is 0.615. The Bertz CT molecular complexity index is 1380. The first-order valence-electron chi connectivity index (χ1n) is 17.7. The van der Waals surface area contributed by atoms with Gasteiger partial charge in [0.1, 0.15) is 11.8 Å². The largest absolute Gasteiger partial charge is 0.497 e. The normalized spacial score (nSPS) is 22.2. The summed E-state index contributed by atoms with van der Waals surface area (Å²) in [7, 11) is 5.68. The van der Waals surface area contributed by atoms with E-state index in [-0.39, 0.29) is 35.2 Å². The molecule has 0 spiro atoms. The maximum Gasteiger partial charge on any atom is 0.245 e. The monoisotopic (exact) mass is 644 g/mol. The van der Waals surface area contributed by atoms with Crippen LogP contribution in [0.2, 0.25) is 0 Å². The average Bonchev–Trinajstić information content (AvgIpc) is 3.07. The Morgan fingerprint density at radius 1 is 0.957 bits per heavy atom. The summed E-state index contributed by atoms with van der Waals surface area (Å²) in [6.45, 7) is 7.14. The molecule has 2 aliphatic carbocycles. The Morgan fingerprint density at radius 3 is 2.23 bits per heavy atom. The number of rotatable bonds is 9. The maximum absolute atomic E-state index is 14.4. The minimum atomic E-state index is -0.707. The van der Waals surface area contributed by atoms with Crippen molar-refractivity contribution in [2.75, 3.05) is 34.3 Å². The van der Waals surface area contributed by atoms with Crippen LogP contribution in [-0.2, 0) is 27.2 Å². The molecule has 256 valence electrons. The number of benzene rings is 2. The van der Waals surface area contributed by atoms with Crippen LogP contribution < -0.4 is 15.4 Å². The van der Waals surface area contributed by atoms with Crippen molar-refractivity contribution in [3.63, 3.8) is 0 Å². The Kier molecular flexibility index (Phi) is 11.0. The van der Waals surface area contributed by atoms with Gasteiger partial charge >= 0.3 is 0 Å². The summed E-state index contributed by atoms with van der Waals surface area (Å²) in [4.78, 5) is 46.6. The standard InChI is InChI=1S/C39H56N4O4/c1-38(2,3)41-37(46)39(29-13-8-7-9-14-29)22-24-43(25-23-39)36(45)33(26-27-16-19-30(47-6)20-17-27)40-35(44)32-21-18-28-12-10-11-15-31(28)34(32)42(4)5/h10-12,15-17,19-20,29,32-34H,7-9,13-14,18,21-26H2,1-6H3,(H,40,44)(H,41,46)/t32?,33-,34?/m1/s1. The first-order chi connectivity index (χ1) is 22.4. The predicted octanol–water partition coefficient (Wildman–Crippen LogP) is 5.69. The predicted molar refractivity (Wildman–Crippen MR) is 186 cm³/mol. The van der Waals surface area contributed by atoms with Crippen LogP contribution >= 0.6 is 0 Å². The lowest BCUT2D eigenvalue weighted by molar-refractivity contribution is -0.147. The van der Waals surface area contributed by atoms with Crippen molar-refractivity contribution >= 4 is 17.7 Å². The highest BCUT2D eigenvalue weighted by Gasteiger charge is 2.49. The number of likely N-dealkylation sites (tertiary alicyclic amines) is 1. The van der Waals surface area contributed by atoms with E-state index in [1.165, 1.54) is 17.5 Å². The first-order valence-corrected chi connectivity index (χ1v) is 17.7. The van der Waals surface area contributed by atoms with E-state index >= 15 is 0 Å². The molecule has 1 saturated carbocycles. The number of hydrogen-bond donors (Lipinski definition) is 2. The summed E-state index contributed by atoms with van der Waals surface area (Å²) < 4.78 is 5.36. The highest BCUT2D eigenvalue weighted by atomic mass is 16.5. The minimum absolute atomic E-state index is 0.0656. The maximum atomic E-state index is 14.4. The molecule has 5 rings (SSSR count). The number of methoxy groups -OCH3 is 1. The number of fused-ring (bicyclic) bond motifs is 1. The molecule has 1 aliphatic heterocycles. The van der Waals surface area contributed by atoms with Crippen LogP contribution in [0, 0.1) is 17.3 Å². The zero-order valence-electron chi connectivity index (χ0n) is 29.4. The lowest BCUT2D eigenvalue weighted by Crippen LogP contribution is -2.59. The van der Waals surface area contributed by atoms with Gasteiger partial charge in [-0.25, -0.2) is 0 Å². The molecular formula is C39H56N4O4. The summed E-state index contributed by atoms with van der Waals surface area (Å²) in [5.41, 5.74) is 2.65. The number of ether oxygens (including phenoxy) is 1. The Morgan fingerprint density at radius 2 is 1.62 bits per heavy atom. The molecule has 3 aliphatic rings. The SMILES string of the molecule is COc1ccc(C[C@@H](NC(=O)C2CCc3ccccc3C2N(C)C)C(=O)N2CCC(C(=O)NC(C)(C)C)(C3CCCCC3)CC2)cc1. The number of piperidine rings is 1. The van der Waals surface area contributed by atoms with Gasteiger partial charge in [-0.15, -0.1) is 0 Å². The van der Waals surface area contributed by atoms with Crippen molar-refractivity contribution < 1.29 is 19.1 Å². The summed E-state index contributed by atoms with van der Waals surface area (Å²) in [5, 5.41) is 6.55. The zero-order valence-corrected chi connectivity index (χ0v) is 29.4. The van der Waals surface area contributed by atoms with E-state index in [4.69, 9.17) is 4.74 Å². The third kappa shape index (κ3) is 8.02. The van der Waals surface area contributed by atoms with E-state index in [9.17, 15) is 14.4 Å². The number of carbonyl (C=O) groups excluding carboxylic acids is 3. The third-order valence-electron chi connectivity index (χ3n) is 10.9. The second kappa shape index (κ2) is 14.8. The van der Waals surface area contributed by atoms with Gasteiger partial charge in [0.15, 0.2) is 0 Å². The molecule has 8 nitrogen and oxygen atoms in total. The van der Waals surface area contributed by atoms with Gasteiger partial charge in [0.25, 0.3) is 0 Å².